The van der Waals surface area contributed by atoms with Gasteiger partial charge in [-0.15, -0.1) is 24.0 Å². The number of nitrogens with one attached hydrogen (secondary N) is 3. The maximum absolute atomic E-state index is 12.6. The fourth-order valence-corrected chi connectivity index (χ4v) is 3.27. The molecule has 1 saturated carbocycles. The highest BCUT2D eigenvalue weighted by molar-refractivity contribution is 14.0. The second-order valence-corrected chi connectivity index (χ2v) is 8.32. The summed E-state index contributed by atoms with van der Waals surface area (Å²) < 4.78 is 5.19. The number of ether oxygens (including phenoxy) is 1. The SMILES string of the molecule is CN=C(NCCCNC(=O)OC(C)(C)C)NCC1(C(=O)N(C)C)CCCC1.I. The molecule has 0 saturated heterocycles. The van der Waals surface area contributed by atoms with Crippen LogP contribution in [-0.2, 0) is 9.53 Å². The molecule has 9 heteroatoms. The molecule has 2 amide bonds. The van der Waals surface area contributed by atoms with E-state index in [-0.39, 0.29) is 35.3 Å². The number of guanidine groups is 1. The average molecular weight is 511 g/mol. The van der Waals surface area contributed by atoms with Gasteiger partial charge < -0.3 is 25.6 Å². The number of hydrogen-bond donors (Lipinski definition) is 3. The van der Waals surface area contributed by atoms with Crippen molar-refractivity contribution in [3.05, 3.63) is 0 Å². The summed E-state index contributed by atoms with van der Waals surface area (Å²) in [5, 5.41) is 9.25. The van der Waals surface area contributed by atoms with Crippen molar-refractivity contribution in [3.8, 4) is 0 Å². The van der Waals surface area contributed by atoms with Crippen LogP contribution in [0.1, 0.15) is 52.9 Å². The molecule has 0 radical (unpaired) electrons. The van der Waals surface area contributed by atoms with Crippen LogP contribution in [-0.4, -0.2) is 69.2 Å². The van der Waals surface area contributed by atoms with Crippen molar-refractivity contribution < 1.29 is 14.3 Å². The molecule has 28 heavy (non-hydrogen) atoms. The van der Waals surface area contributed by atoms with Crippen LogP contribution < -0.4 is 16.0 Å². The molecule has 0 aromatic carbocycles. The van der Waals surface area contributed by atoms with Crippen molar-refractivity contribution in [1.82, 2.24) is 20.9 Å². The molecule has 1 fully saturated rings. The summed E-state index contributed by atoms with van der Waals surface area (Å²) in [6.07, 6.45) is 4.33. The quantitative estimate of drug-likeness (QED) is 0.211. The fraction of sp³-hybridized carbons (Fsp3) is 0.842. The van der Waals surface area contributed by atoms with Crippen molar-refractivity contribution in [3.63, 3.8) is 0 Å². The van der Waals surface area contributed by atoms with Gasteiger partial charge >= 0.3 is 6.09 Å². The number of nitrogens with zero attached hydrogens (tertiary/aromatic N) is 2. The first-order chi connectivity index (χ1) is 12.6. The molecule has 0 aliphatic heterocycles. The smallest absolute Gasteiger partial charge is 0.407 e. The molecule has 3 N–H and O–H groups in total. The minimum Gasteiger partial charge on any atom is -0.444 e. The Hall–Kier alpha value is -1.26. The molecule has 0 bridgehead atoms. The van der Waals surface area contributed by atoms with E-state index in [0.717, 1.165) is 32.1 Å². The molecule has 1 aliphatic rings. The molecule has 0 unspecified atom stereocenters. The molecular weight excluding hydrogens is 473 g/mol. The van der Waals surface area contributed by atoms with Gasteiger partial charge in [-0.2, -0.15) is 0 Å². The second kappa shape index (κ2) is 12.3. The number of carbonyl (C=O) groups is 2. The van der Waals surface area contributed by atoms with E-state index in [9.17, 15) is 9.59 Å². The van der Waals surface area contributed by atoms with E-state index in [1.54, 1.807) is 11.9 Å². The third-order valence-corrected chi connectivity index (χ3v) is 4.55. The highest BCUT2D eigenvalue weighted by atomic mass is 127. The minimum atomic E-state index is -0.492. The third-order valence-electron chi connectivity index (χ3n) is 4.55. The van der Waals surface area contributed by atoms with Crippen molar-refractivity contribution in [2.24, 2.45) is 10.4 Å². The topological polar surface area (TPSA) is 95.1 Å². The first-order valence-corrected chi connectivity index (χ1v) is 9.73. The zero-order chi connectivity index (χ0) is 20.5. The van der Waals surface area contributed by atoms with Gasteiger partial charge in [0.15, 0.2) is 5.96 Å². The fourth-order valence-electron chi connectivity index (χ4n) is 3.27. The lowest BCUT2D eigenvalue weighted by Gasteiger charge is -2.31. The van der Waals surface area contributed by atoms with E-state index in [1.807, 2.05) is 34.9 Å². The Balaban J connectivity index is 0.00000729. The largest absolute Gasteiger partial charge is 0.444 e. The number of amides is 2. The molecular formula is C19H38IN5O3. The predicted octanol–water partition coefficient (Wildman–Crippen LogP) is 2.33. The van der Waals surface area contributed by atoms with Crippen LogP contribution in [0.2, 0.25) is 0 Å². The third kappa shape index (κ3) is 9.29. The second-order valence-electron chi connectivity index (χ2n) is 8.32. The van der Waals surface area contributed by atoms with Gasteiger partial charge in [0.25, 0.3) is 0 Å². The van der Waals surface area contributed by atoms with Gasteiger partial charge in [0.05, 0.1) is 5.41 Å². The Morgan fingerprint density at radius 2 is 1.64 bits per heavy atom. The molecule has 1 aliphatic carbocycles. The standard InChI is InChI=1S/C19H37N5O3.HI/c1-18(2,3)27-17(26)22-13-9-12-21-16(20-4)23-14-19(10-7-8-11-19)15(25)24(5)6;/h7-14H2,1-6H3,(H,22,26)(H2,20,21,23);1H. The van der Waals surface area contributed by atoms with E-state index in [2.05, 4.69) is 20.9 Å². The highest BCUT2D eigenvalue weighted by Gasteiger charge is 2.42. The predicted molar refractivity (Wildman–Crippen MR) is 123 cm³/mol. The molecule has 1 rings (SSSR count). The number of carbonyl (C=O) groups excluding carboxylic acids is 2. The Morgan fingerprint density at radius 3 is 2.14 bits per heavy atom. The Bertz CT molecular complexity index is 526. The first-order valence-electron chi connectivity index (χ1n) is 9.73. The van der Waals surface area contributed by atoms with Crippen molar-refractivity contribution in [1.29, 1.82) is 0 Å². The van der Waals surface area contributed by atoms with Crippen molar-refractivity contribution in [2.45, 2.75) is 58.5 Å². The summed E-state index contributed by atoms with van der Waals surface area (Å²) in [6.45, 7) is 7.26. The van der Waals surface area contributed by atoms with E-state index in [1.165, 1.54) is 0 Å². The normalized spacial score (nSPS) is 16.0. The van der Waals surface area contributed by atoms with Crippen molar-refractivity contribution in [2.75, 3.05) is 40.8 Å². The zero-order valence-corrected chi connectivity index (χ0v) is 20.5. The average Bonchev–Trinajstić information content (AvgIpc) is 3.04. The zero-order valence-electron chi connectivity index (χ0n) is 18.2. The van der Waals surface area contributed by atoms with Gasteiger partial charge in [0.2, 0.25) is 5.91 Å². The number of rotatable bonds is 7. The van der Waals surface area contributed by atoms with Gasteiger partial charge in [-0.1, -0.05) is 12.8 Å². The number of halogens is 1. The van der Waals surface area contributed by atoms with Gasteiger partial charge in [-0.05, 0) is 40.0 Å². The van der Waals surface area contributed by atoms with Crippen LogP contribution in [0.3, 0.4) is 0 Å². The summed E-state index contributed by atoms with van der Waals surface area (Å²) in [4.78, 5) is 30.1. The molecule has 164 valence electrons. The maximum atomic E-state index is 12.6. The van der Waals surface area contributed by atoms with Gasteiger partial charge in [0.1, 0.15) is 5.60 Å². The van der Waals surface area contributed by atoms with E-state index in [0.29, 0.717) is 25.6 Å². The number of aliphatic imine (C=N–C) groups is 1. The Labute approximate surface area is 186 Å². The Morgan fingerprint density at radius 1 is 1.07 bits per heavy atom. The van der Waals surface area contributed by atoms with Crippen LogP contribution in [0.4, 0.5) is 4.79 Å². The molecule has 0 atom stereocenters. The summed E-state index contributed by atoms with van der Waals surface area (Å²) in [7, 11) is 5.34. The Kier molecular flexibility index (Phi) is 11.8. The van der Waals surface area contributed by atoms with Crippen molar-refractivity contribution >= 4 is 41.9 Å². The van der Waals surface area contributed by atoms with Gasteiger partial charge in [0, 0.05) is 40.8 Å². The molecule has 0 aromatic heterocycles. The van der Waals surface area contributed by atoms with Crippen LogP contribution in [0, 0.1) is 5.41 Å². The molecule has 0 spiro atoms. The van der Waals surface area contributed by atoms with Crippen LogP contribution in [0.25, 0.3) is 0 Å². The lowest BCUT2D eigenvalue weighted by molar-refractivity contribution is -0.138. The van der Waals surface area contributed by atoms with Crippen LogP contribution in [0.15, 0.2) is 4.99 Å². The molecule has 0 heterocycles. The summed E-state index contributed by atoms with van der Waals surface area (Å²) in [5.41, 5.74) is -0.826. The lowest BCUT2D eigenvalue weighted by atomic mass is 9.84. The lowest BCUT2D eigenvalue weighted by Crippen LogP contribution is -2.49. The summed E-state index contributed by atoms with van der Waals surface area (Å²) >= 11 is 0. The van der Waals surface area contributed by atoms with Gasteiger partial charge in [-0.25, -0.2) is 4.79 Å². The monoisotopic (exact) mass is 511 g/mol. The maximum Gasteiger partial charge on any atom is 0.407 e. The minimum absolute atomic E-state index is 0. The summed E-state index contributed by atoms with van der Waals surface area (Å²) in [6, 6.07) is 0. The molecule has 0 aromatic rings. The van der Waals surface area contributed by atoms with E-state index >= 15 is 0 Å². The van der Waals surface area contributed by atoms with Crippen LogP contribution >= 0.6 is 24.0 Å². The van der Waals surface area contributed by atoms with Crippen LogP contribution in [0.5, 0.6) is 0 Å². The van der Waals surface area contributed by atoms with Gasteiger partial charge in [-0.3, -0.25) is 9.79 Å². The van der Waals surface area contributed by atoms with E-state index < -0.39 is 11.7 Å². The van der Waals surface area contributed by atoms with E-state index in [4.69, 9.17) is 4.74 Å². The summed E-state index contributed by atoms with van der Waals surface area (Å²) in [5.74, 6) is 0.856. The molecule has 8 nitrogen and oxygen atoms in total. The number of hydrogen-bond acceptors (Lipinski definition) is 4. The highest BCUT2D eigenvalue weighted by Crippen LogP contribution is 2.38. The first kappa shape index (κ1) is 26.7. The number of alkyl carbamates (subject to hydrolysis) is 1.